The predicted molar refractivity (Wildman–Crippen MR) is 117 cm³/mol. The van der Waals surface area contributed by atoms with Crippen LogP contribution in [0.2, 0.25) is 0 Å². The van der Waals surface area contributed by atoms with Gasteiger partial charge in [-0.05, 0) is 53.6 Å². The van der Waals surface area contributed by atoms with Crippen molar-refractivity contribution in [2.45, 2.75) is 13.8 Å². The molecule has 0 spiro atoms. The van der Waals surface area contributed by atoms with Crippen LogP contribution in [0.25, 0.3) is 44.1 Å². The van der Waals surface area contributed by atoms with Gasteiger partial charge in [0.25, 0.3) is 0 Å². The number of aromatic nitrogens is 2. The number of nitrogens with zero attached hydrogens (tertiary/aromatic N) is 2. The Balaban J connectivity index is 1.86. The minimum Gasteiger partial charge on any atom is -0.233 e. The van der Waals surface area contributed by atoms with E-state index in [9.17, 15) is 0 Å². The van der Waals surface area contributed by atoms with Gasteiger partial charge in [-0.2, -0.15) is 0 Å². The van der Waals surface area contributed by atoms with Crippen LogP contribution in [0, 0.1) is 13.8 Å². The van der Waals surface area contributed by atoms with Crippen molar-refractivity contribution in [3.8, 4) is 22.3 Å². The minimum absolute atomic E-state index is 0.816. The summed E-state index contributed by atoms with van der Waals surface area (Å²) >= 11 is 0. The first kappa shape index (κ1) is 16.6. The van der Waals surface area contributed by atoms with Gasteiger partial charge in [-0.1, -0.05) is 72.8 Å². The van der Waals surface area contributed by atoms with Crippen molar-refractivity contribution in [2.75, 3.05) is 0 Å². The molecule has 0 aliphatic carbocycles. The van der Waals surface area contributed by atoms with Crippen LogP contribution >= 0.6 is 0 Å². The topological polar surface area (TPSA) is 25.8 Å². The number of benzene rings is 3. The van der Waals surface area contributed by atoms with E-state index in [0.717, 1.165) is 22.4 Å². The molecule has 0 atom stereocenters. The molecule has 0 aliphatic rings. The Morgan fingerprint density at radius 2 is 1.25 bits per heavy atom. The molecule has 3 aromatic carbocycles. The fourth-order valence-electron chi connectivity index (χ4n) is 3.94. The summed E-state index contributed by atoms with van der Waals surface area (Å²) in [6.45, 7) is 4.11. The fraction of sp³-hybridized carbons (Fsp3) is 0.0769. The Bertz CT molecular complexity index is 1310. The summed E-state index contributed by atoms with van der Waals surface area (Å²) in [5, 5.41) is 3.50. The summed E-state index contributed by atoms with van der Waals surface area (Å²) in [5.74, 6) is 0. The van der Waals surface area contributed by atoms with Crippen LogP contribution in [0.3, 0.4) is 0 Å². The van der Waals surface area contributed by atoms with E-state index in [1.807, 2.05) is 19.1 Å². The van der Waals surface area contributed by atoms with Crippen molar-refractivity contribution in [3.63, 3.8) is 0 Å². The van der Waals surface area contributed by atoms with Crippen molar-refractivity contribution in [2.24, 2.45) is 0 Å². The Morgan fingerprint density at radius 3 is 1.96 bits per heavy atom. The molecular formula is C26H20N2. The first-order chi connectivity index (χ1) is 13.7. The molecule has 134 valence electrons. The van der Waals surface area contributed by atoms with Crippen LogP contribution in [0.4, 0.5) is 0 Å². The van der Waals surface area contributed by atoms with Gasteiger partial charge in [-0.3, -0.25) is 0 Å². The molecule has 5 aromatic rings. The molecule has 0 bridgehead atoms. The first-order valence-electron chi connectivity index (χ1n) is 9.53. The maximum absolute atomic E-state index is 4.87. The summed E-state index contributed by atoms with van der Waals surface area (Å²) in [6.07, 6.45) is 0. The number of hydrogen-bond donors (Lipinski definition) is 0. The van der Waals surface area contributed by atoms with Gasteiger partial charge < -0.3 is 0 Å². The standard InChI is InChI=1S/C26H20N2/c1-17-15-24(20-11-7-4-8-12-20)25-22-14-13-21(19-9-5-3-6-10-19)16-23(22)18(2)28-26(25)27-17/h3-16H,1-2H3. The predicted octanol–water partition coefficient (Wildman–Crippen LogP) is 6.73. The summed E-state index contributed by atoms with van der Waals surface area (Å²) in [7, 11) is 0. The van der Waals surface area contributed by atoms with E-state index < -0.39 is 0 Å². The van der Waals surface area contributed by atoms with Crippen molar-refractivity contribution in [1.82, 2.24) is 9.97 Å². The molecule has 2 heterocycles. The smallest absolute Gasteiger partial charge is 0.160 e. The second kappa shape index (κ2) is 6.58. The van der Waals surface area contributed by atoms with Crippen molar-refractivity contribution in [3.05, 3.63) is 96.3 Å². The average Bonchev–Trinajstić information content (AvgIpc) is 2.74. The number of rotatable bonds is 2. The van der Waals surface area contributed by atoms with E-state index in [2.05, 4.69) is 79.7 Å². The Hall–Kier alpha value is -3.52. The SMILES string of the molecule is Cc1cc(-c2ccccc2)c2c(n1)nc(C)c1cc(-c3ccccc3)ccc12. The second-order valence-corrected chi connectivity index (χ2v) is 7.20. The highest BCUT2D eigenvalue weighted by molar-refractivity contribution is 6.13. The summed E-state index contributed by atoms with van der Waals surface area (Å²) < 4.78 is 0. The zero-order chi connectivity index (χ0) is 19.1. The third kappa shape index (κ3) is 2.74. The quantitative estimate of drug-likeness (QED) is 0.326. The number of aryl methyl sites for hydroxylation is 2. The lowest BCUT2D eigenvalue weighted by molar-refractivity contribution is 1.18. The van der Waals surface area contributed by atoms with Crippen LogP contribution in [-0.2, 0) is 0 Å². The molecule has 0 fully saturated rings. The molecule has 2 heteroatoms. The number of pyridine rings is 2. The van der Waals surface area contributed by atoms with Crippen LogP contribution in [0.1, 0.15) is 11.4 Å². The number of hydrogen-bond acceptors (Lipinski definition) is 2. The molecule has 0 aliphatic heterocycles. The largest absolute Gasteiger partial charge is 0.233 e. The van der Waals surface area contributed by atoms with E-state index in [-0.39, 0.29) is 0 Å². The lowest BCUT2D eigenvalue weighted by atomic mass is 9.95. The van der Waals surface area contributed by atoms with E-state index in [1.54, 1.807) is 0 Å². The maximum atomic E-state index is 4.87. The highest BCUT2D eigenvalue weighted by atomic mass is 14.9. The lowest BCUT2D eigenvalue weighted by Crippen LogP contribution is -1.95. The Kier molecular flexibility index (Phi) is 3.91. The summed E-state index contributed by atoms with van der Waals surface area (Å²) in [6, 6.07) is 29.8. The van der Waals surface area contributed by atoms with Gasteiger partial charge in [0.05, 0.1) is 0 Å². The van der Waals surface area contributed by atoms with E-state index in [4.69, 9.17) is 9.97 Å². The van der Waals surface area contributed by atoms with Crippen LogP contribution in [0.15, 0.2) is 84.9 Å². The average molecular weight is 360 g/mol. The molecule has 0 radical (unpaired) electrons. The molecular weight excluding hydrogens is 340 g/mol. The van der Waals surface area contributed by atoms with Gasteiger partial charge >= 0.3 is 0 Å². The van der Waals surface area contributed by atoms with E-state index in [0.29, 0.717) is 0 Å². The molecule has 0 amide bonds. The molecule has 0 saturated carbocycles. The summed E-state index contributed by atoms with van der Waals surface area (Å²) in [4.78, 5) is 9.62. The highest BCUT2D eigenvalue weighted by Gasteiger charge is 2.14. The lowest BCUT2D eigenvalue weighted by Gasteiger charge is -2.13. The van der Waals surface area contributed by atoms with E-state index in [1.165, 1.54) is 33.0 Å². The third-order valence-corrected chi connectivity index (χ3v) is 5.27. The van der Waals surface area contributed by atoms with Crippen LogP contribution in [0.5, 0.6) is 0 Å². The normalized spacial score (nSPS) is 11.2. The van der Waals surface area contributed by atoms with Crippen molar-refractivity contribution < 1.29 is 0 Å². The fourth-order valence-corrected chi connectivity index (χ4v) is 3.94. The van der Waals surface area contributed by atoms with E-state index >= 15 is 0 Å². The Morgan fingerprint density at radius 1 is 0.571 bits per heavy atom. The van der Waals surface area contributed by atoms with Crippen LogP contribution < -0.4 is 0 Å². The Labute approximate surface area is 164 Å². The second-order valence-electron chi connectivity index (χ2n) is 7.20. The maximum Gasteiger partial charge on any atom is 0.160 e. The summed E-state index contributed by atoms with van der Waals surface area (Å²) in [5.41, 5.74) is 7.62. The molecule has 2 aromatic heterocycles. The van der Waals surface area contributed by atoms with Crippen molar-refractivity contribution >= 4 is 21.8 Å². The molecule has 5 rings (SSSR count). The molecule has 28 heavy (non-hydrogen) atoms. The van der Waals surface area contributed by atoms with Gasteiger partial charge in [0, 0.05) is 22.2 Å². The monoisotopic (exact) mass is 360 g/mol. The third-order valence-electron chi connectivity index (χ3n) is 5.27. The zero-order valence-corrected chi connectivity index (χ0v) is 16.0. The van der Waals surface area contributed by atoms with Gasteiger partial charge in [0.15, 0.2) is 5.65 Å². The van der Waals surface area contributed by atoms with Crippen LogP contribution in [-0.4, -0.2) is 9.97 Å². The van der Waals surface area contributed by atoms with Crippen molar-refractivity contribution in [1.29, 1.82) is 0 Å². The first-order valence-corrected chi connectivity index (χ1v) is 9.53. The van der Waals surface area contributed by atoms with Gasteiger partial charge in [-0.15, -0.1) is 0 Å². The molecule has 0 unspecified atom stereocenters. The highest BCUT2D eigenvalue weighted by Crippen LogP contribution is 2.36. The molecule has 0 saturated heterocycles. The van der Waals surface area contributed by atoms with Gasteiger partial charge in [0.1, 0.15) is 0 Å². The van der Waals surface area contributed by atoms with Gasteiger partial charge in [-0.25, -0.2) is 9.97 Å². The minimum atomic E-state index is 0.816. The van der Waals surface area contributed by atoms with Gasteiger partial charge in [0.2, 0.25) is 0 Å². The molecule has 0 N–H and O–H groups in total. The molecule has 2 nitrogen and oxygen atoms in total. The number of fused-ring (bicyclic) bond motifs is 3. The zero-order valence-electron chi connectivity index (χ0n) is 16.0.